The molecule has 4 rings (SSSR count). The highest BCUT2D eigenvalue weighted by Crippen LogP contribution is 2.34. The molecule has 100 valence electrons. The summed E-state index contributed by atoms with van der Waals surface area (Å²) >= 11 is 1.73. The third kappa shape index (κ3) is 1.75. The second-order valence-electron chi connectivity index (χ2n) is 4.96. The van der Waals surface area contributed by atoms with Crippen LogP contribution < -0.4 is 0 Å². The standard InChI is InChI=1S/C17H11N3S/c1-20-15-8-11(9-18)6-7-14(15)19-17(20)13-10-21-16-5-3-2-4-12(13)16/h2-8,10H,1H3. The number of thiophene rings is 1. The van der Waals surface area contributed by atoms with Gasteiger partial charge in [-0.2, -0.15) is 5.26 Å². The zero-order valence-corrected chi connectivity index (χ0v) is 12.2. The lowest BCUT2D eigenvalue weighted by atomic mass is 10.2. The minimum atomic E-state index is 0.659. The molecule has 3 nitrogen and oxygen atoms in total. The molecule has 0 N–H and O–H groups in total. The summed E-state index contributed by atoms with van der Waals surface area (Å²) in [7, 11) is 2.00. The maximum atomic E-state index is 9.04. The van der Waals surface area contributed by atoms with Crippen LogP contribution in [0.2, 0.25) is 0 Å². The quantitative estimate of drug-likeness (QED) is 0.523. The highest BCUT2D eigenvalue weighted by Gasteiger charge is 2.14. The van der Waals surface area contributed by atoms with Crippen molar-refractivity contribution in [3.05, 3.63) is 53.4 Å². The Balaban J connectivity index is 2.03. The summed E-state index contributed by atoms with van der Waals surface area (Å²) in [6.07, 6.45) is 0. The molecular formula is C17H11N3S. The van der Waals surface area contributed by atoms with Crippen LogP contribution in [0.1, 0.15) is 5.56 Å². The molecule has 0 atom stereocenters. The molecule has 2 aromatic heterocycles. The largest absolute Gasteiger partial charge is 0.327 e. The number of aromatic nitrogens is 2. The van der Waals surface area contributed by atoms with E-state index in [0.29, 0.717) is 5.56 Å². The fourth-order valence-corrected chi connectivity index (χ4v) is 3.59. The van der Waals surface area contributed by atoms with Gasteiger partial charge < -0.3 is 4.57 Å². The maximum Gasteiger partial charge on any atom is 0.142 e. The van der Waals surface area contributed by atoms with Gasteiger partial charge in [-0.3, -0.25) is 0 Å². The maximum absolute atomic E-state index is 9.04. The van der Waals surface area contributed by atoms with Gasteiger partial charge in [-0.05, 0) is 24.3 Å². The zero-order chi connectivity index (χ0) is 14.4. The van der Waals surface area contributed by atoms with Gasteiger partial charge in [-0.15, -0.1) is 11.3 Å². The van der Waals surface area contributed by atoms with E-state index in [-0.39, 0.29) is 0 Å². The molecule has 0 aliphatic rings. The van der Waals surface area contributed by atoms with E-state index in [0.717, 1.165) is 22.4 Å². The average molecular weight is 289 g/mol. The number of imidazole rings is 1. The number of nitrogens with zero attached hydrogens (tertiary/aromatic N) is 3. The normalized spacial score (nSPS) is 11.0. The highest BCUT2D eigenvalue weighted by atomic mass is 32.1. The fraction of sp³-hybridized carbons (Fsp3) is 0.0588. The topological polar surface area (TPSA) is 41.6 Å². The Morgan fingerprint density at radius 2 is 2.05 bits per heavy atom. The van der Waals surface area contributed by atoms with Crippen LogP contribution >= 0.6 is 11.3 Å². The lowest BCUT2D eigenvalue weighted by molar-refractivity contribution is 0.961. The van der Waals surface area contributed by atoms with Crippen molar-refractivity contribution in [1.82, 2.24) is 9.55 Å². The molecule has 0 saturated carbocycles. The number of hydrogen-bond acceptors (Lipinski definition) is 3. The monoisotopic (exact) mass is 289 g/mol. The first-order valence-corrected chi connectivity index (χ1v) is 7.49. The summed E-state index contributed by atoms with van der Waals surface area (Å²) in [6.45, 7) is 0. The first-order valence-electron chi connectivity index (χ1n) is 6.61. The van der Waals surface area contributed by atoms with Crippen LogP contribution in [0.15, 0.2) is 47.8 Å². The van der Waals surface area contributed by atoms with E-state index in [1.54, 1.807) is 11.3 Å². The minimum absolute atomic E-state index is 0.659. The Kier molecular flexibility index (Phi) is 2.56. The van der Waals surface area contributed by atoms with Crippen LogP contribution in [0.25, 0.3) is 32.5 Å². The number of fused-ring (bicyclic) bond motifs is 2. The van der Waals surface area contributed by atoms with Gasteiger partial charge in [0, 0.05) is 28.1 Å². The molecule has 0 spiro atoms. The van der Waals surface area contributed by atoms with Gasteiger partial charge in [0.05, 0.1) is 22.7 Å². The molecule has 0 bridgehead atoms. The van der Waals surface area contributed by atoms with Crippen LogP contribution in [0.5, 0.6) is 0 Å². The van der Waals surface area contributed by atoms with Crippen molar-refractivity contribution < 1.29 is 0 Å². The van der Waals surface area contributed by atoms with E-state index in [1.165, 1.54) is 10.1 Å². The summed E-state index contributed by atoms with van der Waals surface area (Å²) in [5.74, 6) is 0.942. The number of aryl methyl sites for hydroxylation is 1. The second kappa shape index (κ2) is 4.44. The van der Waals surface area contributed by atoms with Crippen LogP contribution in [-0.4, -0.2) is 9.55 Å². The fourth-order valence-electron chi connectivity index (χ4n) is 2.65. The molecule has 0 fully saturated rings. The summed E-state index contributed by atoms with van der Waals surface area (Å²) in [6, 6.07) is 16.1. The van der Waals surface area contributed by atoms with E-state index in [2.05, 4.69) is 40.3 Å². The minimum Gasteiger partial charge on any atom is -0.327 e. The van der Waals surface area contributed by atoms with Gasteiger partial charge in [0.15, 0.2) is 0 Å². The summed E-state index contributed by atoms with van der Waals surface area (Å²) in [5, 5.41) is 12.4. The molecule has 0 aliphatic heterocycles. The average Bonchev–Trinajstić information content (AvgIpc) is 3.08. The predicted molar refractivity (Wildman–Crippen MR) is 86.2 cm³/mol. The van der Waals surface area contributed by atoms with Crippen molar-refractivity contribution in [2.75, 3.05) is 0 Å². The van der Waals surface area contributed by atoms with Gasteiger partial charge in [-0.1, -0.05) is 18.2 Å². The Labute approximate surface area is 125 Å². The predicted octanol–water partition coefficient (Wildman–Crippen LogP) is 4.33. The van der Waals surface area contributed by atoms with E-state index >= 15 is 0 Å². The van der Waals surface area contributed by atoms with Crippen molar-refractivity contribution in [2.45, 2.75) is 0 Å². The van der Waals surface area contributed by atoms with Crippen molar-refractivity contribution in [1.29, 1.82) is 5.26 Å². The first-order chi connectivity index (χ1) is 10.3. The molecule has 2 heterocycles. The van der Waals surface area contributed by atoms with Crippen LogP contribution in [0.4, 0.5) is 0 Å². The molecular weight excluding hydrogens is 278 g/mol. The number of hydrogen-bond donors (Lipinski definition) is 0. The number of rotatable bonds is 1. The number of benzene rings is 2. The molecule has 4 heteroatoms. The highest BCUT2D eigenvalue weighted by molar-refractivity contribution is 7.17. The van der Waals surface area contributed by atoms with Crippen LogP contribution in [0, 0.1) is 11.3 Å². The third-order valence-electron chi connectivity index (χ3n) is 3.73. The number of nitriles is 1. The first kappa shape index (κ1) is 12.1. The molecule has 4 aromatic rings. The molecule has 0 amide bonds. The summed E-state index contributed by atoms with van der Waals surface area (Å²) in [4.78, 5) is 4.74. The van der Waals surface area contributed by atoms with Crippen molar-refractivity contribution in [2.24, 2.45) is 7.05 Å². The van der Waals surface area contributed by atoms with Gasteiger partial charge in [-0.25, -0.2) is 4.98 Å². The lowest BCUT2D eigenvalue weighted by Gasteiger charge is -2.01. The van der Waals surface area contributed by atoms with E-state index in [1.807, 2.05) is 25.2 Å². The SMILES string of the molecule is Cn1c(-c2csc3ccccc23)nc2ccc(C#N)cc21. The van der Waals surface area contributed by atoms with Gasteiger partial charge in [0.2, 0.25) is 0 Å². The Bertz CT molecular complexity index is 1020. The molecule has 0 saturated heterocycles. The van der Waals surface area contributed by atoms with Crippen LogP contribution in [0.3, 0.4) is 0 Å². The Morgan fingerprint density at radius 3 is 2.90 bits per heavy atom. The smallest absolute Gasteiger partial charge is 0.142 e. The van der Waals surface area contributed by atoms with Gasteiger partial charge in [0.1, 0.15) is 5.82 Å². The van der Waals surface area contributed by atoms with Gasteiger partial charge >= 0.3 is 0 Å². The van der Waals surface area contributed by atoms with Crippen LogP contribution in [-0.2, 0) is 7.05 Å². The third-order valence-corrected chi connectivity index (χ3v) is 4.70. The second-order valence-corrected chi connectivity index (χ2v) is 5.87. The van der Waals surface area contributed by atoms with Crippen molar-refractivity contribution >= 4 is 32.5 Å². The molecule has 21 heavy (non-hydrogen) atoms. The van der Waals surface area contributed by atoms with E-state index < -0.39 is 0 Å². The van der Waals surface area contributed by atoms with E-state index in [4.69, 9.17) is 10.2 Å². The zero-order valence-electron chi connectivity index (χ0n) is 11.4. The van der Waals surface area contributed by atoms with Crippen molar-refractivity contribution in [3.8, 4) is 17.5 Å². The summed E-state index contributed by atoms with van der Waals surface area (Å²) < 4.78 is 3.32. The van der Waals surface area contributed by atoms with E-state index in [9.17, 15) is 0 Å². The molecule has 0 radical (unpaired) electrons. The molecule has 2 aromatic carbocycles. The lowest BCUT2D eigenvalue weighted by Crippen LogP contribution is -1.91. The Hall–Kier alpha value is -2.64. The van der Waals surface area contributed by atoms with Crippen molar-refractivity contribution in [3.63, 3.8) is 0 Å². The summed E-state index contributed by atoms with van der Waals surface area (Å²) in [5.41, 5.74) is 3.71. The Morgan fingerprint density at radius 1 is 1.19 bits per heavy atom. The van der Waals surface area contributed by atoms with Gasteiger partial charge in [0.25, 0.3) is 0 Å². The molecule has 0 unspecified atom stereocenters. The molecule has 0 aliphatic carbocycles.